The average molecular weight is 303 g/mol. The van der Waals surface area contributed by atoms with Gasteiger partial charge in [0.05, 0.1) is 11.9 Å². The second kappa shape index (κ2) is 5.42. The van der Waals surface area contributed by atoms with Gasteiger partial charge in [0.1, 0.15) is 5.65 Å². The van der Waals surface area contributed by atoms with Crippen molar-refractivity contribution in [2.45, 2.75) is 0 Å². The van der Waals surface area contributed by atoms with Gasteiger partial charge in [-0.05, 0) is 30.3 Å². The van der Waals surface area contributed by atoms with Crippen LogP contribution >= 0.6 is 0 Å². The second-order valence-corrected chi connectivity index (χ2v) is 5.05. The van der Waals surface area contributed by atoms with Gasteiger partial charge >= 0.3 is 0 Å². The molecule has 0 bridgehead atoms. The summed E-state index contributed by atoms with van der Waals surface area (Å²) in [6.07, 6.45) is 10.6. The van der Waals surface area contributed by atoms with Crippen molar-refractivity contribution < 1.29 is 4.79 Å². The fourth-order valence-corrected chi connectivity index (χ4v) is 2.48. The van der Waals surface area contributed by atoms with Gasteiger partial charge in [-0.1, -0.05) is 6.07 Å². The van der Waals surface area contributed by atoms with Crippen LogP contribution in [0.3, 0.4) is 0 Å². The van der Waals surface area contributed by atoms with Crippen molar-refractivity contribution in [1.82, 2.24) is 18.9 Å². The Kier molecular flexibility index (Phi) is 3.12. The number of aromatic nitrogens is 4. The molecule has 0 aliphatic rings. The first-order valence-corrected chi connectivity index (χ1v) is 7.13. The SMILES string of the molecule is O=C(Nc1cccc(-n2ccnc2)c1)c1cccn2ccnc12. The summed E-state index contributed by atoms with van der Waals surface area (Å²) in [6, 6.07) is 11.2. The molecular weight excluding hydrogens is 290 g/mol. The number of nitrogens with one attached hydrogen (secondary N) is 1. The highest BCUT2D eigenvalue weighted by Crippen LogP contribution is 2.16. The maximum Gasteiger partial charge on any atom is 0.259 e. The standard InChI is InChI=1S/C17H13N5O/c23-17(15-5-2-8-21-10-7-19-16(15)21)20-13-3-1-4-14(11-13)22-9-6-18-12-22/h1-12H,(H,20,23). The molecule has 0 spiro atoms. The molecule has 4 aromatic rings. The molecule has 23 heavy (non-hydrogen) atoms. The van der Waals surface area contributed by atoms with E-state index in [4.69, 9.17) is 0 Å². The molecule has 3 heterocycles. The lowest BCUT2D eigenvalue weighted by Gasteiger charge is -2.08. The minimum atomic E-state index is -0.190. The second-order valence-electron chi connectivity index (χ2n) is 5.05. The largest absolute Gasteiger partial charge is 0.322 e. The predicted octanol–water partition coefficient (Wildman–Crippen LogP) is 2.77. The number of anilines is 1. The van der Waals surface area contributed by atoms with Gasteiger partial charge in [-0.3, -0.25) is 4.79 Å². The first-order chi connectivity index (χ1) is 11.3. The number of nitrogens with zero attached hydrogens (tertiary/aromatic N) is 4. The maximum atomic E-state index is 12.5. The third-order valence-electron chi connectivity index (χ3n) is 3.57. The molecule has 1 aromatic carbocycles. The Labute approximate surface area is 132 Å². The van der Waals surface area contributed by atoms with Crippen LogP contribution in [0.4, 0.5) is 5.69 Å². The first-order valence-electron chi connectivity index (χ1n) is 7.13. The van der Waals surface area contributed by atoms with Gasteiger partial charge in [0, 0.05) is 42.4 Å². The van der Waals surface area contributed by atoms with E-state index in [-0.39, 0.29) is 5.91 Å². The zero-order valence-electron chi connectivity index (χ0n) is 12.1. The molecule has 0 saturated carbocycles. The van der Waals surface area contributed by atoms with E-state index in [9.17, 15) is 4.79 Å². The molecule has 1 amide bonds. The first kappa shape index (κ1) is 13.3. The summed E-state index contributed by atoms with van der Waals surface area (Å²) in [7, 11) is 0. The molecule has 0 aliphatic heterocycles. The molecule has 3 aromatic heterocycles. The topological polar surface area (TPSA) is 64.2 Å². The highest BCUT2D eigenvalue weighted by Gasteiger charge is 2.11. The molecule has 6 heteroatoms. The lowest BCUT2D eigenvalue weighted by Crippen LogP contribution is -2.13. The number of rotatable bonds is 3. The highest BCUT2D eigenvalue weighted by atomic mass is 16.1. The zero-order valence-corrected chi connectivity index (χ0v) is 12.1. The van der Waals surface area contributed by atoms with Gasteiger partial charge in [-0.25, -0.2) is 9.97 Å². The van der Waals surface area contributed by atoms with Crippen LogP contribution < -0.4 is 5.32 Å². The summed E-state index contributed by atoms with van der Waals surface area (Å²) >= 11 is 0. The van der Waals surface area contributed by atoms with Crippen molar-refractivity contribution in [2.75, 3.05) is 5.32 Å². The number of amides is 1. The number of fused-ring (bicyclic) bond motifs is 1. The number of carbonyl (C=O) groups is 1. The van der Waals surface area contributed by atoms with Crippen LogP contribution in [-0.4, -0.2) is 24.8 Å². The molecule has 4 rings (SSSR count). The fraction of sp³-hybridized carbons (Fsp3) is 0. The molecule has 6 nitrogen and oxygen atoms in total. The van der Waals surface area contributed by atoms with Crippen LogP contribution in [-0.2, 0) is 0 Å². The van der Waals surface area contributed by atoms with Crippen molar-refractivity contribution in [3.8, 4) is 5.69 Å². The van der Waals surface area contributed by atoms with Gasteiger partial charge in [0.2, 0.25) is 0 Å². The van der Waals surface area contributed by atoms with Crippen molar-refractivity contribution >= 4 is 17.2 Å². The number of pyridine rings is 1. The molecule has 0 unspecified atom stereocenters. The van der Waals surface area contributed by atoms with E-state index in [1.54, 1.807) is 24.8 Å². The molecule has 0 saturated heterocycles. The van der Waals surface area contributed by atoms with E-state index < -0.39 is 0 Å². The van der Waals surface area contributed by atoms with Gasteiger partial charge < -0.3 is 14.3 Å². The summed E-state index contributed by atoms with van der Waals surface area (Å²) in [6.45, 7) is 0. The van der Waals surface area contributed by atoms with Crippen LogP contribution in [0.2, 0.25) is 0 Å². The van der Waals surface area contributed by atoms with Gasteiger partial charge in [-0.2, -0.15) is 0 Å². The van der Waals surface area contributed by atoms with Gasteiger partial charge in [0.25, 0.3) is 5.91 Å². The lowest BCUT2D eigenvalue weighted by molar-refractivity contribution is 0.102. The van der Waals surface area contributed by atoms with Crippen molar-refractivity contribution in [3.05, 3.63) is 79.3 Å². The van der Waals surface area contributed by atoms with Crippen LogP contribution in [0, 0.1) is 0 Å². The quantitative estimate of drug-likeness (QED) is 0.633. The minimum Gasteiger partial charge on any atom is -0.322 e. The Hall–Kier alpha value is -3.41. The Balaban J connectivity index is 1.64. The summed E-state index contributed by atoms with van der Waals surface area (Å²) in [4.78, 5) is 20.8. The normalized spacial score (nSPS) is 10.8. The number of benzene rings is 1. The van der Waals surface area contributed by atoms with Crippen LogP contribution in [0.1, 0.15) is 10.4 Å². The number of imidazole rings is 2. The Morgan fingerprint density at radius 3 is 2.87 bits per heavy atom. The molecular formula is C17H13N5O. The van der Waals surface area contributed by atoms with E-state index in [2.05, 4.69) is 15.3 Å². The maximum absolute atomic E-state index is 12.5. The van der Waals surface area contributed by atoms with Crippen LogP contribution in [0.5, 0.6) is 0 Å². The third-order valence-corrected chi connectivity index (χ3v) is 3.57. The van der Waals surface area contributed by atoms with E-state index in [0.717, 1.165) is 11.4 Å². The third kappa shape index (κ3) is 2.46. The van der Waals surface area contributed by atoms with Crippen LogP contribution in [0.25, 0.3) is 11.3 Å². The number of hydrogen-bond acceptors (Lipinski definition) is 3. The predicted molar refractivity (Wildman–Crippen MR) is 86.7 cm³/mol. The number of hydrogen-bond donors (Lipinski definition) is 1. The van der Waals surface area contributed by atoms with E-state index in [1.807, 2.05) is 57.9 Å². The Bertz CT molecular complexity index is 972. The molecule has 0 aliphatic carbocycles. The van der Waals surface area contributed by atoms with E-state index in [1.165, 1.54) is 0 Å². The fourth-order valence-electron chi connectivity index (χ4n) is 2.48. The molecule has 0 radical (unpaired) electrons. The van der Waals surface area contributed by atoms with E-state index >= 15 is 0 Å². The van der Waals surface area contributed by atoms with E-state index in [0.29, 0.717) is 11.2 Å². The lowest BCUT2D eigenvalue weighted by atomic mass is 10.2. The smallest absolute Gasteiger partial charge is 0.259 e. The summed E-state index contributed by atoms with van der Waals surface area (Å²) in [5.41, 5.74) is 2.82. The monoisotopic (exact) mass is 303 g/mol. The summed E-state index contributed by atoms with van der Waals surface area (Å²) < 4.78 is 3.70. The molecule has 1 N–H and O–H groups in total. The average Bonchev–Trinajstić information content (AvgIpc) is 3.26. The van der Waals surface area contributed by atoms with Crippen LogP contribution in [0.15, 0.2) is 73.7 Å². The zero-order chi connectivity index (χ0) is 15.6. The molecule has 0 atom stereocenters. The molecule has 0 fully saturated rings. The Morgan fingerprint density at radius 1 is 1.04 bits per heavy atom. The number of carbonyl (C=O) groups excluding carboxylic acids is 1. The van der Waals surface area contributed by atoms with Crippen molar-refractivity contribution in [3.63, 3.8) is 0 Å². The van der Waals surface area contributed by atoms with Gasteiger partial charge in [0.15, 0.2) is 0 Å². The van der Waals surface area contributed by atoms with Crippen molar-refractivity contribution in [1.29, 1.82) is 0 Å². The summed E-state index contributed by atoms with van der Waals surface area (Å²) in [5, 5.41) is 2.92. The summed E-state index contributed by atoms with van der Waals surface area (Å²) in [5.74, 6) is -0.190. The highest BCUT2D eigenvalue weighted by molar-refractivity contribution is 6.08. The van der Waals surface area contributed by atoms with Gasteiger partial charge in [-0.15, -0.1) is 0 Å². The van der Waals surface area contributed by atoms with Crippen molar-refractivity contribution in [2.24, 2.45) is 0 Å². The minimum absolute atomic E-state index is 0.190. The Morgan fingerprint density at radius 2 is 2.00 bits per heavy atom. The molecule has 112 valence electrons.